The molecule has 0 aliphatic carbocycles. The van der Waals surface area contributed by atoms with E-state index in [4.69, 9.17) is 0 Å². The first-order chi connectivity index (χ1) is 8.89. The summed E-state index contributed by atoms with van der Waals surface area (Å²) in [6, 6.07) is 0. The van der Waals surface area contributed by atoms with Gasteiger partial charge in [0, 0.05) is 18.3 Å². The van der Waals surface area contributed by atoms with E-state index in [0.717, 1.165) is 24.6 Å². The van der Waals surface area contributed by atoms with Crippen molar-refractivity contribution in [3.8, 4) is 0 Å². The summed E-state index contributed by atoms with van der Waals surface area (Å²) in [5.41, 5.74) is 0. The third kappa shape index (κ3) is 12.5. The summed E-state index contributed by atoms with van der Waals surface area (Å²) in [6.07, 6.45) is -1.33. The molecule has 1 N–H and O–H groups in total. The van der Waals surface area contributed by atoms with Crippen LogP contribution in [0, 0.1) is 5.92 Å². The molecule has 1 amide bonds. The van der Waals surface area contributed by atoms with Gasteiger partial charge in [-0.25, -0.2) is 0 Å². The van der Waals surface area contributed by atoms with Gasteiger partial charge in [0.15, 0.2) is 0 Å². The van der Waals surface area contributed by atoms with E-state index in [-0.39, 0.29) is 18.9 Å². The molecule has 1 atom stereocenters. The Kier molecular flexibility index (Phi) is 10.3. The van der Waals surface area contributed by atoms with Crippen LogP contribution in [0.3, 0.4) is 0 Å². The summed E-state index contributed by atoms with van der Waals surface area (Å²) in [6.45, 7) is 1.14. The highest BCUT2D eigenvalue weighted by Crippen LogP contribution is 2.14. The number of ether oxygens (including phenoxy) is 1. The number of halogens is 4. The molecule has 0 fully saturated rings. The van der Waals surface area contributed by atoms with Gasteiger partial charge in [0.05, 0.1) is 6.61 Å². The lowest BCUT2D eigenvalue weighted by molar-refractivity contribution is -0.174. The minimum absolute atomic E-state index is 0.0385. The Morgan fingerprint density at radius 3 is 2.58 bits per heavy atom. The van der Waals surface area contributed by atoms with E-state index in [0.29, 0.717) is 12.5 Å². The number of hydrogen-bond acceptors (Lipinski definition) is 2. The molecule has 0 aliphatic rings. The van der Waals surface area contributed by atoms with Crippen LogP contribution in [0.5, 0.6) is 0 Å². The average molecular weight is 348 g/mol. The maximum absolute atomic E-state index is 11.8. The van der Waals surface area contributed by atoms with Crippen molar-refractivity contribution < 1.29 is 22.7 Å². The molecule has 0 rings (SSSR count). The Balaban J connectivity index is 3.67. The second kappa shape index (κ2) is 10.5. The Bertz CT molecular complexity index is 244. The monoisotopic (exact) mass is 347 g/mol. The minimum Gasteiger partial charge on any atom is -0.372 e. The standard InChI is InChI=1S/C12H21BrF3NO2/c1-2-3-10(4-6-13)8-17-11(18)5-7-19-9-12(14,15)16/h10H,2-9H2,1H3,(H,17,18). The van der Waals surface area contributed by atoms with Crippen molar-refractivity contribution >= 4 is 21.8 Å². The molecule has 0 aromatic heterocycles. The maximum atomic E-state index is 11.8. The smallest absolute Gasteiger partial charge is 0.372 e. The van der Waals surface area contributed by atoms with Crippen LogP contribution >= 0.6 is 15.9 Å². The molecule has 19 heavy (non-hydrogen) atoms. The third-order valence-electron chi connectivity index (χ3n) is 2.54. The van der Waals surface area contributed by atoms with Crippen molar-refractivity contribution in [1.29, 1.82) is 0 Å². The number of alkyl halides is 4. The maximum Gasteiger partial charge on any atom is 0.411 e. The van der Waals surface area contributed by atoms with Crippen molar-refractivity contribution in [1.82, 2.24) is 5.32 Å². The van der Waals surface area contributed by atoms with Crippen LogP contribution in [-0.2, 0) is 9.53 Å². The number of rotatable bonds is 10. The number of nitrogens with one attached hydrogen (secondary N) is 1. The quantitative estimate of drug-likeness (QED) is 0.486. The lowest BCUT2D eigenvalue weighted by Gasteiger charge is -2.15. The molecule has 114 valence electrons. The number of carbonyl (C=O) groups is 1. The van der Waals surface area contributed by atoms with E-state index in [1.807, 2.05) is 0 Å². The fourth-order valence-corrected chi connectivity index (χ4v) is 2.26. The Morgan fingerprint density at radius 2 is 2.05 bits per heavy atom. The third-order valence-corrected chi connectivity index (χ3v) is 3.00. The molecule has 0 aliphatic heterocycles. The molecule has 7 heteroatoms. The van der Waals surface area contributed by atoms with Gasteiger partial charge < -0.3 is 10.1 Å². The fourth-order valence-electron chi connectivity index (χ4n) is 1.61. The van der Waals surface area contributed by atoms with Crippen molar-refractivity contribution in [3.05, 3.63) is 0 Å². The lowest BCUT2D eigenvalue weighted by atomic mass is 10.0. The molecule has 1 unspecified atom stereocenters. The molecule has 0 spiro atoms. The zero-order valence-corrected chi connectivity index (χ0v) is 12.6. The van der Waals surface area contributed by atoms with E-state index in [1.165, 1.54) is 0 Å². The van der Waals surface area contributed by atoms with Gasteiger partial charge in [-0.2, -0.15) is 13.2 Å². The zero-order chi connectivity index (χ0) is 14.7. The molecule has 0 aromatic rings. The second-order valence-electron chi connectivity index (χ2n) is 4.35. The zero-order valence-electron chi connectivity index (χ0n) is 11.1. The second-order valence-corrected chi connectivity index (χ2v) is 5.15. The summed E-state index contributed by atoms with van der Waals surface area (Å²) in [4.78, 5) is 11.4. The molecule has 0 bridgehead atoms. The van der Waals surface area contributed by atoms with Gasteiger partial charge >= 0.3 is 6.18 Å². The summed E-state index contributed by atoms with van der Waals surface area (Å²) >= 11 is 3.36. The topological polar surface area (TPSA) is 38.3 Å². The first-order valence-corrected chi connectivity index (χ1v) is 7.48. The van der Waals surface area contributed by atoms with Crippen LogP contribution < -0.4 is 5.32 Å². The Labute approximate surface area is 120 Å². The van der Waals surface area contributed by atoms with Crippen LogP contribution in [0.2, 0.25) is 0 Å². The van der Waals surface area contributed by atoms with E-state index >= 15 is 0 Å². The van der Waals surface area contributed by atoms with Gasteiger partial charge in [-0.3, -0.25) is 4.79 Å². The molecule has 3 nitrogen and oxygen atoms in total. The van der Waals surface area contributed by atoms with Gasteiger partial charge in [-0.1, -0.05) is 29.3 Å². The summed E-state index contributed by atoms with van der Waals surface area (Å²) < 4.78 is 39.7. The predicted octanol–water partition coefficient (Wildman–Crippen LogP) is 3.27. The minimum atomic E-state index is -4.33. The van der Waals surface area contributed by atoms with Crippen LogP contribution in [0.25, 0.3) is 0 Å². The van der Waals surface area contributed by atoms with Crippen LogP contribution in [-0.4, -0.2) is 37.2 Å². The molecule has 0 saturated carbocycles. The van der Waals surface area contributed by atoms with E-state index in [2.05, 4.69) is 32.9 Å². The van der Waals surface area contributed by atoms with E-state index in [1.54, 1.807) is 0 Å². The molecular formula is C12H21BrF3NO2. The molecular weight excluding hydrogens is 327 g/mol. The summed E-state index contributed by atoms with van der Waals surface area (Å²) in [7, 11) is 0. The van der Waals surface area contributed by atoms with Crippen molar-refractivity contribution in [2.45, 2.75) is 38.8 Å². The van der Waals surface area contributed by atoms with Gasteiger partial charge in [0.1, 0.15) is 6.61 Å². The summed E-state index contributed by atoms with van der Waals surface area (Å²) in [5.74, 6) is 0.141. The number of amides is 1. The fraction of sp³-hybridized carbons (Fsp3) is 0.917. The van der Waals surface area contributed by atoms with Gasteiger partial charge in [-0.15, -0.1) is 0 Å². The van der Waals surface area contributed by atoms with Crippen LogP contribution in [0.1, 0.15) is 32.6 Å². The SMILES string of the molecule is CCCC(CCBr)CNC(=O)CCOCC(F)(F)F. The number of hydrogen-bond donors (Lipinski definition) is 1. The highest BCUT2D eigenvalue weighted by molar-refractivity contribution is 9.09. The van der Waals surface area contributed by atoms with E-state index in [9.17, 15) is 18.0 Å². The summed E-state index contributed by atoms with van der Waals surface area (Å²) in [5, 5.41) is 3.61. The highest BCUT2D eigenvalue weighted by Gasteiger charge is 2.27. The molecule has 0 aromatic carbocycles. The number of carbonyl (C=O) groups excluding carboxylic acids is 1. The lowest BCUT2D eigenvalue weighted by Crippen LogP contribution is -2.30. The molecule has 0 saturated heterocycles. The first kappa shape index (κ1) is 18.7. The normalized spacial score (nSPS) is 13.3. The first-order valence-electron chi connectivity index (χ1n) is 6.36. The van der Waals surface area contributed by atoms with Crippen LogP contribution in [0.4, 0.5) is 13.2 Å². The molecule has 0 heterocycles. The van der Waals surface area contributed by atoms with Crippen molar-refractivity contribution in [2.24, 2.45) is 5.92 Å². The molecule has 0 radical (unpaired) electrons. The van der Waals surface area contributed by atoms with Gasteiger partial charge in [0.25, 0.3) is 0 Å². The van der Waals surface area contributed by atoms with Crippen molar-refractivity contribution in [2.75, 3.05) is 25.1 Å². The average Bonchev–Trinajstić information content (AvgIpc) is 2.31. The van der Waals surface area contributed by atoms with Crippen molar-refractivity contribution in [3.63, 3.8) is 0 Å². The highest BCUT2D eigenvalue weighted by atomic mass is 79.9. The Hall–Kier alpha value is -0.300. The van der Waals surface area contributed by atoms with E-state index < -0.39 is 12.8 Å². The van der Waals surface area contributed by atoms with Gasteiger partial charge in [0.2, 0.25) is 5.91 Å². The van der Waals surface area contributed by atoms with Gasteiger partial charge in [-0.05, 0) is 18.8 Å². The Morgan fingerprint density at radius 1 is 1.37 bits per heavy atom. The van der Waals surface area contributed by atoms with Crippen LogP contribution in [0.15, 0.2) is 0 Å². The largest absolute Gasteiger partial charge is 0.411 e. The predicted molar refractivity (Wildman–Crippen MR) is 71.3 cm³/mol.